The van der Waals surface area contributed by atoms with Gasteiger partial charge in [-0.1, -0.05) is 0 Å². The molecule has 0 unspecified atom stereocenters. The number of nitrogens with one attached hydrogen (secondary N) is 1. The summed E-state index contributed by atoms with van der Waals surface area (Å²) in [7, 11) is 0. The minimum atomic E-state index is -0.897. The molecule has 6 heteroatoms. The van der Waals surface area contributed by atoms with E-state index in [9.17, 15) is 4.79 Å². The standard InChI is InChI=1S/C14H16N2O3S/c1-9(2)19-13-11(4-3-7-15-13)16-8-10-5-6-12(20-10)14(17)18/h3-7,9,16H,8H2,1-2H3,(H,17,18). The second-order valence-corrected chi connectivity index (χ2v) is 5.62. The van der Waals surface area contributed by atoms with Crippen molar-refractivity contribution in [1.82, 2.24) is 4.98 Å². The summed E-state index contributed by atoms with van der Waals surface area (Å²) in [5.41, 5.74) is 0.798. The van der Waals surface area contributed by atoms with E-state index in [4.69, 9.17) is 9.84 Å². The lowest BCUT2D eigenvalue weighted by Crippen LogP contribution is -2.09. The lowest BCUT2D eigenvalue weighted by molar-refractivity contribution is 0.0702. The number of aromatic carboxylic acids is 1. The first-order valence-corrected chi connectivity index (χ1v) is 7.05. The molecule has 2 aromatic rings. The number of carbonyl (C=O) groups is 1. The van der Waals surface area contributed by atoms with Crippen LogP contribution in [0.1, 0.15) is 28.4 Å². The topological polar surface area (TPSA) is 71.5 Å². The average molecular weight is 292 g/mol. The van der Waals surface area contributed by atoms with E-state index < -0.39 is 5.97 Å². The van der Waals surface area contributed by atoms with Crippen molar-refractivity contribution in [1.29, 1.82) is 0 Å². The molecular weight excluding hydrogens is 276 g/mol. The molecule has 0 radical (unpaired) electrons. The summed E-state index contributed by atoms with van der Waals surface area (Å²) in [4.78, 5) is 16.3. The van der Waals surface area contributed by atoms with Crippen molar-refractivity contribution in [3.8, 4) is 5.88 Å². The number of rotatable bonds is 6. The van der Waals surface area contributed by atoms with Gasteiger partial charge < -0.3 is 15.2 Å². The van der Waals surface area contributed by atoms with Gasteiger partial charge in [-0.15, -0.1) is 11.3 Å². The third-order valence-electron chi connectivity index (χ3n) is 2.44. The zero-order chi connectivity index (χ0) is 14.5. The van der Waals surface area contributed by atoms with Gasteiger partial charge in [-0.05, 0) is 38.1 Å². The maximum Gasteiger partial charge on any atom is 0.345 e. The van der Waals surface area contributed by atoms with Gasteiger partial charge in [0.1, 0.15) is 4.88 Å². The molecule has 5 nitrogen and oxygen atoms in total. The van der Waals surface area contributed by atoms with Crippen LogP contribution >= 0.6 is 11.3 Å². The van der Waals surface area contributed by atoms with Gasteiger partial charge in [0, 0.05) is 17.6 Å². The van der Waals surface area contributed by atoms with E-state index in [-0.39, 0.29) is 6.10 Å². The van der Waals surface area contributed by atoms with E-state index in [2.05, 4.69) is 10.3 Å². The van der Waals surface area contributed by atoms with E-state index >= 15 is 0 Å². The predicted molar refractivity (Wildman–Crippen MR) is 78.6 cm³/mol. The van der Waals surface area contributed by atoms with Gasteiger partial charge in [-0.3, -0.25) is 0 Å². The average Bonchev–Trinajstić information content (AvgIpc) is 2.86. The fourth-order valence-corrected chi connectivity index (χ4v) is 2.40. The zero-order valence-electron chi connectivity index (χ0n) is 11.3. The maximum absolute atomic E-state index is 10.8. The number of anilines is 1. The molecular formula is C14H16N2O3S. The van der Waals surface area contributed by atoms with Crippen LogP contribution in [-0.4, -0.2) is 22.2 Å². The van der Waals surface area contributed by atoms with Crippen LogP contribution in [0.4, 0.5) is 5.69 Å². The molecule has 0 spiro atoms. The van der Waals surface area contributed by atoms with Crippen molar-refractivity contribution in [3.63, 3.8) is 0 Å². The monoisotopic (exact) mass is 292 g/mol. The summed E-state index contributed by atoms with van der Waals surface area (Å²) >= 11 is 1.26. The molecule has 0 saturated carbocycles. The minimum absolute atomic E-state index is 0.0470. The highest BCUT2D eigenvalue weighted by molar-refractivity contribution is 7.13. The Hall–Kier alpha value is -2.08. The Labute approximate surface area is 121 Å². The van der Waals surface area contributed by atoms with E-state index in [0.717, 1.165) is 10.6 Å². The summed E-state index contributed by atoms with van der Waals surface area (Å²) in [6.45, 7) is 4.42. The second-order valence-electron chi connectivity index (χ2n) is 4.45. The molecule has 0 aliphatic carbocycles. The fraction of sp³-hybridized carbons (Fsp3) is 0.286. The summed E-state index contributed by atoms with van der Waals surface area (Å²) in [5, 5.41) is 12.1. The molecule has 0 aromatic carbocycles. The highest BCUT2D eigenvalue weighted by Crippen LogP contribution is 2.24. The molecule has 2 N–H and O–H groups in total. The maximum atomic E-state index is 10.8. The van der Waals surface area contributed by atoms with Crippen LogP contribution in [0, 0.1) is 0 Å². The first-order valence-electron chi connectivity index (χ1n) is 6.24. The van der Waals surface area contributed by atoms with Crippen LogP contribution in [0.5, 0.6) is 5.88 Å². The third kappa shape index (κ3) is 3.71. The highest BCUT2D eigenvalue weighted by Gasteiger charge is 2.09. The molecule has 0 fully saturated rings. The quantitative estimate of drug-likeness (QED) is 0.855. The summed E-state index contributed by atoms with van der Waals surface area (Å²) in [6.07, 6.45) is 1.72. The number of hydrogen-bond acceptors (Lipinski definition) is 5. The molecule has 2 heterocycles. The van der Waals surface area contributed by atoms with E-state index in [1.54, 1.807) is 18.3 Å². The Kier molecular flexibility index (Phi) is 4.57. The Morgan fingerprint density at radius 1 is 1.45 bits per heavy atom. The Morgan fingerprint density at radius 2 is 2.25 bits per heavy atom. The first-order chi connectivity index (χ1) is 9.56. The molecule has 2 aromatic heterocycles. The number of aromatic nitrogens is 1. The van der Waals surface area contributed by atoms with Gasteiger partial charge in [0.2, 0.25) is 5.88 Å². The SMILES string of the molecule is CC(C)Oc1ncccc1NCc1ccc(C(=O)O)s1. The summed E-state index contributed by atoms with van der Waals surface area (Å²) < 4.78 is 5.61. The summed E-state index contributed by atoms with van der Waals surface area (Å²) in [5.74, 6) is -0.344. The minimum Gasteiger partial charge on any atom is -0.477 e. The zero-order valence-corrected chi connectivity index (χ0v) is 12.1. The molecule has 0 amide bonds. The second kappa shape index (κ2) is 6.38. The molecule has 0 aliphatic rings. The van der Waals surface area contributed by atoms with Gasteiger partial charge >= 0.3 is 5.97 Å². The van der Waals surface area contributed by atoms with Gasteiger partial charge in [-0.2, -0.15) is 0 Å². The molecule has 20 heavy (non-hydrogen) atoms. The first kappa shape index (κ1) is 14.3. The lowest BCUT2D eigenvalue weighted by Gasteiger charge is -2.13. The highest BCUT2D eigenvalue weighted by atomic mass is 32.1. The van der Waals surface area contributed by atoms with Crippen LogP contribution in [0.15, 0.2) is 30.5 Å². The predicted octanol–water partition coefficient (Wildman–Crippen LogP) is 3.24. The number of carboxylic acids is 1. The van der Waals surface area contributed by atoms with Gasteiger partial charge in [0.05, 0.1) is 11.8 Å². The molecule has 2 rings (SSSR count). The largest absolute Gasteiger partial charge is 0.477 e. The molecule has 0 aliphatic heterocycles. The fourth-order valence-electron chi connectivity index (χ4n) is 1.61. The van der Waals surface area contributed by atoms with E-state index in [1.807, 2.05) is 26.0 Å². The number of thiophene rings is 1. The molecule has 106 valence electrons. The third-order valence-corrected chi connectivity index (χ3v) is 3.52. The number of hydrogen-bond donors (Lipinski definition) is 2. The Bertz CT molecular complexity index is 596. The van der Waals surface area contributed by atoms with Crippen LogP contribution in [0.2, 0.25) is 0 Å². The number of ether oxygens (including phenoxy) is 1. The number of carboxylic acid groups (broad SMARTS) is 1. The molecule has 0 bridgehead atoms. The smallest absolute Gasteiger partial charge is 0.345 e. The molecule has 0 saturated heterocycles. The van der Waals surface area contributed by atoms with Crippen molar-refractivity contribution in [2.24, 2.45) is 0 Å². The lowest BCUT2D eigenvalue weighted by atomic mass is 10.3. The van der Waals surface area contributed by atoms with Crippen molar-refractivity contribution >= 4 is 23.0 Å². The van der Waals surface area contributed by atoms with Gasteiger partial charge in [-0.25, -0.2) is 9.78 Å². The number of pyridine rings is 1. The van der Waals surface area contributed by atoms with Crippen LogP contribution < -0.4 is 10.1 Å². The van der Waals surface area contributed by atoms with Crippen molar-refractivity contribution in [2.75, 3.05) is 5.32 Å². The summed E-state index contributed by atoms with van der Waals surface area (Å²) in [6, 6.07) is 7.13. The van der Waals surface area contributed by atoms with Crippen LogP contribution in [0.25, 0.3) is 0 Å². The van der Waals surface area contributed by atoms with Crippen LogP contribution in [-0.2, 0) is 6.54 Å². The van der Waals surface area contributed by atoms with Gasteiger partial charge in [0.15, 0.2) is 0 Å². The molecule has 0 atom stereocenters. The van der Waals surface area contributed by atoms with Crippen LogP contribution in [0.3, 0.4) is 0 Å². The van der Waals surface area contributed by atoms with Crippen molar-refractivity contribution in [3.05, 3.63) is 40.2 Å². The van der Waals surface area contributed by atoms with Crippen molar-refractivity contribution < 1.29 is 14.6 Å². The number of nitrogens with zero attached hydrogens (tertiary/aromatic N) is 1. The van der Waals surface area contributed by atoms with E-state index in [1.165, 1.54) is 11.3 Å². The Balaban J connectivity index is 2.04. The Morgan fingerprint density at radius 3 is 2.90 bits per heavy atom. The van der Waals surface area contributed by atoms with E-state index in [0.29, 0.717) is 17.3 Å². The normalized spacial score (nSPS) is 10.6. The van der Waals surface area contributed by atoms with Gasteiger partial charge in [0.25, 0.3) is 0 Å². The van der Waals surface area contributed by atoms with Crippen molar-refractivity contribution in [2.45, 2.75) is 26.5 Å².